The minimum absolute atomic E-state index is 0.111. The van der Waals surface area contributed by atoms with Gasteiger partial charge in [0.15, 0.2) is 0 Å². The molecule has 1 aliphatic rings. The molecule has 0 aromatic heterocycles. The van der Waals surface area contributed by atoms with Gasteiger partial charge in [0, 0.05) is 26.1 Å². The molecule has 0 saturated carbocycles. The molecule has 3 amide bonds. The fourth-order valence-electron chi connectivity index (χ4n) is 1.89. The van der Waals surface area contributed by atoms with Crippen LogP contribution in [0.5, 0.6) is 0 Å². The monoisotopic (exact) mass is 301 g/mol. The summed E-state index contributed by atoms with van der Waals surface area (Å²) in [6.07, 6.45) is -0.377. The maximum Gasteiger partial charge on any atom is 0.321 e. The summed E-state index contributed by atoms with van der Waals surface area (Å²) >= 11 is 0. The first-order valence-electron chi connectivity index (χ1n) is 6.82. The Kier molecular flexibility index (Phi) is 6.10. The Morgan fingerprint density at radius 1 is 1.38 bits per heavy atom. The predicted octanol–water partition coefficient (Wildman–Crippen LogP) is -0.356. The van der Waals surface area contributed by atoms with Crippen LogP contribution in [0, 0.1) is 5.41 Å². The molecule has 1 unspecified atom stereocenters. The highest BCUT2D eigenvalue weighted by Gasteiger charge is 2.30. The summed E-state index contributed by atoms with van der Waals surface area (Å²) < 4.78 is 5.47. The third kappa shape index (κ3) is 6.09. The number of imide groups is 1. The molecule has 0 aromatic rings. The highest BCUT2D eigenvalue weighted by molar-refractivity contribution is 5.96. The van der Waals surface area contributed by atoms with E-state index in [9.17, 15) is 14.4 Å². The molecule has 0 bridgehead atoms. The number of carboxylic acids is 1. The molecule has 8 nitrogen and oxygen atoms in total. The van der Waals surface area contributed by atoms with Crippen LogP contribution in [0.15, 0.2) is 0 Å². The predicted molar refractivity (Wildman–Crippen MR) is 74.8 cm³/mol. The number of urea groups is 1. The minimum atomic E-state index is -1.21. The maximum atomic E-state index is 11.6. The number of aliphatic carboxylic acids is 1. The molecule has 0 aromatic carbocycles. The summed E-state index contributed by atoms with van der Waals surface area (Å²) in [7, 11) is 1.97. The second kappa shape index (κ2) is 7.37. The molecule has 1 fully saturated rings. The maximum absolute atomic E-state index is 11.6. The molecule has 1 atom stereocenters. The molecule has 1 heterocycles. The highest BCUT2D eigenvalue weighted by atomic mass is 16.5. The third-order valence-electron chi connectivity index (χ3n) is 3.27. The van der Waals surface area contributed by atoms with Gasteiger partial charge < -0.3 is 20.1 Å². The summed E-state index contributed by atoms with van der Waals surface area (Å²) in [5.41, 5.74) is -1.21. The van der Waals surface area contributed by atoms with E-state index in [1.54, 1.807) is 0 Å². The van der Waals surface area contributed by atoms with E-state index in [-0.39, 0.29) is 12.5 Å². The fourth-order valence-corrected chi connectivity index (χ4v) is 1.89. The van der Waals surface area contributed by atoms with Crippen molar-refractivity contribution in [3.05, 3.63) is 0 Å². The summed E-state index contributed by atoms with van der Waals surface area (Å²) in [6.45, 7) is 5.32. The Morgan fingerprint density at radius 2 is 2.05 bits per heavy atom. The first-order valence-corrected chi connectivity index (χ1v) is 6.82. The molecule has 0 spiro atoms. The van der Waals surface area contributed by atoms with Crippen molar-refractivity contribution >= 4 is 17.9 Å². The average Bonchev–Trinajstić information content (AvgIpc) is 2.35. The third-order valence-corrected chi connectivity index (χ3v) is 3.27. The molecule has 8 heteroatoms. The van der Waals surface area contributed by atoms with E-state index in [0.717, 1.165) is 6.54 Å². The molecule has 3 N–H and O–H groups in total. The van der Waals surface area contributed by atoms with E-state index in [1.807, 2.05) is 7.05 Å². The fraction of sp³-hybridized carbons (Fsp3) is 0.769. The molecule has 120 valence electrons. The van der Waals surface area contributed by atoms with Crippen molar-refractivity contribution in [2.24, 2.45) is 5.41 Å². The SMILES string of the molecule is CN1CCOC(CNC(=O)NC(=O)CC(C)(C)C(=O)O)C1. The lowest BCUT2D eigenvalue weighted by molar-refractivity contribution is -0.149. The van der Waals surface area contributed by atoms with Gasteiger partial charge in [-0.05, 0) is 20.9 Å². The lowest BCUT2D eigenvalue weighted by Crippen LogP contribution is -2.49. The lowest BCUT2D eigenvalue weighted by Gasteiger charge is -2.30. The lowest BCUT2D eigenvalue weighted by atomic mass is 9.89. The summed E-state index contributed by atoms with van der Waals surface area (Å²) in [6, 6.07) is -0.641. The largest absolute Gasteiger partial charge is 0.481 e. The van der Waals surface area contributed by atoms with Crippen LogP contribution in [0.1, 0.15) is 20.3 Å². The van der Waals surface area contributed by atoms with Gasteiger partial charge in [0.05, 0.1) is 18.1 Å². The Balaban J connectivity index is 2.30. The molecule has 1 aliphatic heterocycles. The zero-order valence-electron chi connectivity index (χ0n) is 12.6. The van der Waals surface area contributed by atoms with E-state index >= 15 is 0 Å². The van der Waals surface area contributed by atoms with Crippen LogP contribution < -0.4 is 10.6 Å². The summed E-state index contributed by atoms with van der Waals surface area (Å²) in [5, 5.41) is 13.6. The van der Waals surface area contributed by atoms with Gasteiger partial charge in [-0.3, -0.25) is 14.9 Å². The summed E-state index contributed by atoms with van der Waals surface area (Å²) in [4.78, 5) is 36.2. The van der Waals surface area contributed by atoms with Crippen LogP contribution in [0.2, 0.25) is 0 Å². The van der Waals surface area contributed by atoms with Crippen molar-refractivity contribution in [1.29, 1.82) is 0 Å². The zero-order chi connectivity index (χ0) is 16.0. The van der Waals surface area contributed by atoms with Gasteiger partial charge >= 0.3 is 12.0 Å². The van der Waals surface area contributed by atoms with E-state index < -0.39 is 23.3 Å². The number of hydrogen-bond acceptors (Lipinski definition) is 5. The first kappa shape index (κ1) is 17.4. The molecule has 21 heavy (non-hydrogen) atoms. The van der Waals surface area contributed by atoms with Crippen molar-refractivity contribution in [1.82, 2.24) is 15.5 Å². The molecular formula is C13H23N3O5. The van der Waals surface area contributed by atoms with E-state index in [2.05, 4.69) is 15.5 Å². The van der Waals surface area contributed by atoms with E-state index in [1.165, 1.54) is 13.8 Å². The number of carbonyl (C=O) groups excluding carboxylic acids is 2. The molecular weight excluding hydrogens is 278 g/mol. The normalized spacial score (nSPS) is 19.9. The van der Waals surface area contributed by atoms with Crippen LogP contribution in [0.4, 0.5) is 4.79 Å². The topological polar surface area (TPSA) is 108 Å². The number of hydrogen-bond donors (Lipinski definition) is 3. The molecule has 0 aliphatic carbocycles. The van der Waals surface area contributed by atoms with Gasteiger partial charge in [0.1, 0.15) is 0 Å². The second-order valence-corrected chi connectivity index (χ2v) is 5.88. The number of morpholine rings is 1. The minimum Gasteiger partial charge on any atom is -0.481 e. The number of amides is 3. The van der Waals surface area contributed by atoms with E-state index in [4.69, 9.17) is 9.84 Å². The van der Waals surface area contributed by atoms with E-state index in [0.29, 0.717) is 19.7 Å². The number of nitrogens with zero attached hydrogens (tertiary/aromatic N) is 1. The van der Waals surface area contributed by atoms with Crippen LogP contribution in [-0.4, -0.2) is 67.3 Å². The first-order chi connectivity index (χ1) is 9.70. The average molecular weight is 301 g/mol. The van der Waals surface area contributed by atoms with Crippen molar-refractivity contribution in [3.63, 3.8) is 0 Å². The number of carboxylic acid groups (broad SMARTS) is 1. The zero-order valence-corrected chi connectivity index (χ0v) is 12.6. The van der Waals surface area contributed by atoms with Gasteiger partial charge in [-0.15, -0.1) is 0 Å². The Hall–Kier alpha value is -1.67. The Bertz CT molecular complexity index is 411. The molecule has 0 radical (unpaired) electrons. The quantitative estimate of drug-likeness (QED) is 0.640. The van der Waals surface area contributed by atoms with Crippen molar-refractivity contribution < 1.29 is 24.2 Å². The highest BCUT2D eigenvalue weighted by Crippen LogP contribution is 2.19. The smallest absolute Gasteiger partial charge is 0.321 e. The van der Waals surface area contributed by atoms with Gasteiger partial charge in [-0.1, -0.05) is 0 Å². The van der Waals surface area contributed by atoms with Gasteiger partial charge in [-0.2, -0.15) is 0 Å². The van der Waals surface area contributed by atoms with Crippen LogP contribution in [0.3, 0.4) is 0 Å². The summed E-state index contributed by atoms with van der Waals surface area (Å²) in [5.74, 6) is -1.71. The van der Waals surface area contributed by atoms with Gasteiger partial charge in [-0.25, -0.2) is 4.79 Å². The van der Waals surface area contributed by atoms with Gasteiger partial charge in [0.2, 0.25) is 5.91 Å². The molecule has 1 saturated heterocycles. The second-order valence-electron chi connectivity index (χ2n) is 5.88. The standard InChI is InChI=1S/C13H23N3O5/c1-13(2,11(18)19)6-10(17)15-12(20)14-7-9-8-16(3)4-5-21-9/h9H,4-8H2,1-3H3,(H,18,19)(H2,14,15,17,20). The number of likely N-dealkylation sites (N-methyl/N-ethyl adjacent to an activating group) is 1. The van der Waals surface area contributed by atoms with Crippen molar-refractivity contribution in [3.8, 4) is 0 Å². The Labute approximate surface area is 123 Å². The number of nitrogens with one attached hydrogen (secondary N) is 2. The van der Waals surface area contributed by atoms with Crippen LogP contribution >= 0.6 is 0 Å². The van der Waals surface area contributed by atoms with Crippen LogP contribution in [0.25, 0.3) is 0 Å². The number of ether oxygens (including phenoxy) is 1. The van der Waals surface area contributed by atoms with Gasteiger partial charge in [0.25, 0.3) is 0 Å². The molecule has 1 rings (SSSR count). The number of rotatable bonds is 5. The number of carbonyl (C=O) groups is 3. The van der Waals surface area contributed by atoms with Crippen molar-refractivity contribution in [2.45, 2.75) is 26.4 Å². The Morgan fingerprint density at radius 3 is 2.62 bits per heavy atom. The van der Waals surface area contributed by atoms with Crippen LogP contribution in [-0.2, 0) is 14.3 Å². The van der Waals surface area contributed by atoms with Crippen molar-refractivity contribution in [2.75, 3.05) is 33.3 Å².